The van der Waals surface area contributed by atoms with E-state index in [2.05, 4.69) is 11.9 Å². The molecule has 0 radical (unpaired) electrons. The predicted octanol–water partition coefficient (Wildman–Crippen LogP) is 2.81. The van der Waals surface area contributed by atoms with Gasteiger partial charge in [-0.25, -0.2) is 0 Å². The third-order valence-electron chi connectivity index (χ3n) is 2.49. The van der Waals surface area contributed by atoms with Crippen molar-refractivity contribution in [3.63, 3.8) is 0 Å². The number of nitrogens with one attached hydrogen (secondary N) is 1. The number of aromatic nitrogens is 1. The highest BCUT2D eigenvalue weighted by Gasteiger charge is 2.12. The van der Waals surface area contributed by atoms with Gasteiger partial charge in [0.05, 0.1) is 5.69 Å². The molecule has 2 aromatic rings. The molecule has 1 heterocycles. The first-order valence-electron chi connectivity index (χ1n) is 5.09. The minimum Gasteiger partial charge on any atom is -0.359 e. The number of benzene rings is 1. The summed E-state index contributed by atoms with van der Waals surface area (Å²) in [6, 6.07) is 11.4. The molecule has 0 aliphatic carbocycles. The van der Waals surface area contributed by atoms with Crippen LogP contribution in [-0.4, -0.2) is 10.8 Å². The molecule has 2 nitrogen and oxygen atoms in total. The first-order valence-corrected chi connectivity index (χ1v) is 5.09. The number of hydrogen-bond acceptors (Lipinski definition) is 1. The highest BCUT2D eigenvalue weighted by Crippen LogP contribution is 2.13. The summed E-state index contributed by atoms with van der Waals surface area (Å²) in [4.78, 5) is 15.0. The monoisotopic (exact) mass is 199 g/mol. The Hall–Kier alpha value is -1.83. The van der Waals surface area contributed by atoms with E-state index in [0.29, 0.717) is 5.69 Å². The molecule has 2 heteroatoms. The van der Waals surface area contributed by atoms with Gasteiger partial charge in [-0.1, -0.05) is 31.2 Å². The zero-order chi connectivity index (χ0) is 10.7. The van der Waals surface area contributed by atoms with Crippen molar-refractivity contribution in [1.29, 1.82) is 0 Å². The van der Waals surface area contributed by atoms with Gasteiger partial charge in [-0.15, -0.1) is 0 Å². The normalized spacial score (nSPS) is 10.2. The summed E-state index contributed by atoms with van der Waals surface area (Å²) in [5.41, 5.74) is 2.54. The number of ketones is 1. The van der Waals surface area contributed by atoms with E-state index in [1.807, 2.05) is 30.3 Å². The SMILES string of the molecule is CCc1ccccc1C(=O)c1ccc[nH]1. The Labute approximate surface area is 89.0 Å². The van der Waals surface area contributed by atoms with Crippen LogP contribution in [0.4, 0.5) is 0 Å². The zero-order valence-corrected chi connectivity index (χ0v) is 8.66. The van der Waals surface area contributed by atoms with Crippen molar-refractivity contribution in [2.45, 2.75) is 13.3 Å². The lowest BCUT2D eigenvalue weighted by molar-refractivity contribution is 0.103. The fraction of sp³-hybridized carbons (Fsp3) is 0.154. The van der Waals surface area contributed by atoms with Gasteiger partial charge in [0.2, 0.25) is 5.78 Å². The van der Waals surface area contributed by atoms with E-state index in [0.717, 1.165) is 17.5 Å². The number of carbonyl (C=O) groups excluding carboxylic acids is 1. The van der Waals surface area contributed by atoms with E-state index < -0.39 is 0 Å². The van der Waals surface area contributed by atoms with Gasteiger partial charge < -0.3 is 4.98 Å². The number of aryl methyl sites for hydroxylation is 1. The second-order valence-electron chi connectivity index (χ2n) is 3.42. The average molecular weight is 199 g/mol. The van der Waals surface area contributed by atoms with Crippen LogP contribution in [0, 0.1) is 0 Å². The van der Waals surface area contributed by atoms with Crippen LogP contribution in [0.15, 0.2) is 42.6 Å². The Kier molecular flexibility index (Phi) is 2.68. The third kappa shape index (κ3) is 1.84. The van der Waals surface area contributed by atoms with Crippen molar-refractivity contribution < 1.29 is 4.79 Å². The Morgan fingerprint density at radius 1 is 1.20 bits per heavy atom. The summed E-state index contributed by atoms with van der Waals surface area (Å²) in [5, 5.41) is 0. The molecule has 1 N–H and O–H groups in total. The lowest BCUT2D eigenvalue weighted by Crippen LogP contribution is -2.05. The van der Waals surface area contributed by atoms with Gasteiger partial charge in [0.1, 0.15) is 0 Å². The molecule has 15 heavy (non-hydrogen) atoms. The second kappa shape index (κ2) is 4.13. The summed E-state index contributed by atoms with van der Waals surface area (Å²) in [6.07, 6.45) is 2.64. The molecule has 1 aromatic heterocycles. The summed E-state index contributed by atoms with van der Waals surface area (Å²) < 4.78 is 0. The fourth-order valence-electron chi connectivity index (χ4n) is 1.67. The molecule has 2 rings (SSSR count). The van der Waals surface area contributed by atoms with Crippen LogP contribution in [0.2, 0.25) is 0 Å². The quantitative estimate of drug-likeness (QED) is 0.757. The van der Waals surface area contributed by atoms with Gasteiger partial charge in [-0.05, 0) is 24.1 Å². The minimum absolute atomic E-state index is 0.0671. The molecule has 0 bridgehead atoms. The first kappa shape index (κ1) is 9.71. The smallest absolute Gasteiger partial charge is 0.209 e. The molecule has 0 spiro atoms. The lowest BCUT2D eigenvalue weighted by atomic mass is 10.0. The molecule has 0 unspecified atom stereocenters. The maximum Gasteiger partial charge on any atom is 0.209 e. The molecular weight excluding hydrogens is 186 g/mol. The molecule has 0 saturated carbocycles. The molecule has 0 aliphatic heterocycles. The molecule has 0 atom stereocenters. The molecular formula is C13H13NO. The summed E-state index contributed by atoms with van der Waals surface area (Å²) in [5.74, 6) is 0.0671. The largest absolute Gasteiger partial charge is 0.359 e. The minimum atomic E-state index is 0.0671. The highest BCUT2D eigenvalue weighted by molar-refractivity contribution is 6.08. The third-order valence-corrected chi connectivity index (χ3v) is 2.49. The van der Waals surface area contributed by atoms with Gasteiger partial charge >= 0.3 is 0 Å². The standard InChI is InChI=1S/C13H13NO/c1-2-10-6-3-4-7-11(10)13(15)12-8-5-9-14-12/h3-9,14H,2H2,1H3. The summed E-state index contributed by atoms with van der Waals surface area (Å²) in [6.45, 7) is 2.06. The van der Waals surface area contributed by atoms with Crippen molar-refractivity contribution in [2.24, 2.45) is 0 Å². The predicted molar refractivity (Wildman–Crippen MR) is 60.0 cm³/mol. The Bertz CT molecular complexity index is 457. The van der Waals surface area contributed by atoms with Gasteiger partial charge in [-0.2, -0.15) is 0 Å². The van der Waals surface area contributed by atoms with E-state index in [-0.39, 0.29) is 5.78 Å². The van der Waals surface area contributed by atoms with Crippen LogP contribution in [0.5, 0.6) is 0 Å². The van der Waals surface area contributed by atoms with Gasteiger partial charge in [0.25, 0.3) is 0 Å². The average Bonchev–Trinajstić information content (AvgIpc) is 2.81. The van der Waals surface area contributed by atoms with Crippen LogP contribution in [0.1, 0.15) is 28.5 Å². The second-order valence-corrected chi connectivity index (χ2v) is 3.42. The number of rotatable bonds is 3. The summed E-state index contributed by atoms with van der Waals surface area (Å²) >= 11 is 0. The maximum absolute atomic E-state index is 12.1. The fourth-order valence-corrected chi connectivity index (χ4v) is 1.67. The van der Waals surface area contributed by atoms with Crippen molar-refractivity contribution in [3.05, 3.63) is 59.4 Å². The van der Waals surface area contributed by atoms with Crippen molar-refractivity contribution >= 4 is 5.78 Å². The van der Waals surface area contributed by atoms with E-state index in [1.165, 1.54) is 0 Å². The molecule has 76 valence electrons. The molecule has 0 fully saturated rings. The number of H-pyrrole nitrogens is 1. The number of aromatic amines is 1. The van der Waals surface area contributed by atoms with Crippen LogP contribution in [-0.2, 0) is 6.42 Å². The van der Waals surface area contributed by atoms with Crippen molar-refractivity contribution in [2.75, 3.05) is 0 Å². The number of hydrogen-bond donors (Lipinski definition) is 1. The van der Waals surface area contributed by atoms with Crippen LogP contribution in [0.3, 0.4) is 0 Å². The van der Waals surface area contributed by atoms with E-state index >= 15 is 0 Å². The van der Waals surface area contributed by atoms with Gasteiger partial charge in [0.15, 0.2) is 0 Å². The summed E-state index contributed by atoms with van der Waals surface area (Å²) in [7, 11) is 0. The topological polar surface area (TPSA) is 32.9 Å². The van der Waals surface area contributed by atoms with Crippen molar-refractivity contribution in [1.82, 2.24) is 4.98 Å². The Balaban J connectivity index is 2.42. The lowest BCUT2D eigenvalue weighted by Gasteiger charge is -2.04. The van der Waals surface area contributed by atoms with E-state index in [4.69, 9.17) is 0 Å². The number of carbonyl (C=O) groups is 1. The molecule has 0 saturated heterocycles. The van der Waals surface area contributed by atoms with Crippen LogP contribution in [0.25, 0.3) is 0 Å². The van der Waals surface area contributed by atoms with Crippen LogP contribution < -0.4 is 0 Å². The van der Waals surface area contributed by atoms with Gasteiger partial charge in [-0.3, -0.25) is 4.79 Å². The maximum atomic E-state index is 12.1. The zero-order valence-electron chi connectivity index (χ0n) is 8.66. The van der Waals surface area contributed by atoms with E-state index in [9.17, 15) is 4.79 Å². The molecule has 1 aromatic carbocycles. The van der Waals surface area contributed by atoms with E-state index in [1.54, 1.807) is 12.3 Å². The Morgan fingerprint density at radius 2 is 2.00 bits per heavy atom. The first-order chi connectivity index (χ1) is 7.33. The van der Waals surface area contributed by atoms with Crippen molar-refractivity contribution in [3.8, 4) is 0 Å². The highest BCUT2D eigenvalue weighted by atomic mass is 16.1. The molecule has 0 amide bonds. The van der Waals surface area contributed by atoms with Gasteiger partial charge in [0, 0.05) is 11.8 Å². The molecule has 0 aliphatic rings. The Morgan fingerprint density at radius 3 is 2.67 bits per heavy atom. The van der Waals surface area contributed by atoms with Crippen LogP contribution >= 0.6 is 0 Å².